The van der Waals surface area contributed by atoms with Crippen molar-refractivity contribution in [2.75, 3.05) is 11.3 Å². The zero-order chi connectivity index (χ0) is 16.0. The van der Waals surface area contributed by atoms with Crippen LogP contribution >= 0.6 is 0 Å². The summed E-state index contributed by atoms with van der Waals surface area (Å²) in [7, 11) is -3.86. The van der Waals surface area contributed by atoms with Crippen molar-refractivity contribution in [1.29, 1.82) is 5.26 Å². The molecule has 22 heavy (non-hydrogen) atoms. The SMILES string of the molecule is CCCOc1ccccc1NS(=O)(=O)c1ccccc1C#N. The molecule has 2 aromatic rings. The van der Waals surface area contributed by atoms with E-state index in [2.05, 4.69) is 4.72 Å². The molecule has 0 fully saturated rings. The second kappa shape index (κ2) is 6.96. The van der Waals surface area contributed by atoms with Crippen LogP contribution in [0, 0.1) is 11.3 Å². The summed E-state index contributed by atoms with van der Waals surface area (Å²) in [5.74, 6) is 0.461. The van der Waals surface area contributed by atoms with Crippen molar-refractivity contribution < 1.29 is 13.2 Å². The van der Waals surface area contributed by atoms with Gasteiger partial charge in [-0.25, -0.2) is 8.42 Å². The zero-order valence-corrected chi connectivity index (χ0v) is 12.9. The Hall–Kier alpha value is -2.52. The van der Waals surface area contributed by atoms with Crippen LogP contribution in [0.3, 0.4) is 0 Å². The standard InChI is InChI=1S/C16H16N2O3S/c1-2-11-21-15-9-5-4-8-14(15)18-22(19,20)16-10-6-3-7-13(16)12-17/h3-10,18H,2,11H2,1H3. The van der Waals surface area contributed by atoms with Gasteiger partial charge in [0.2, 0.25) is 0 Å². The molecule has 2 rings (SSSR count). The molecule has 0 aliphatic heterocycles. The van der Waals surface area contributed by atoms with Gasteiger partial charge in [-0.2, -0.15) is 5.26 Å². The Bertz CT molecular complexity index is 795. The van der Waals surface area contributed by atoms with Gasteiger partial charge in [0, 0.05) is 0 Å². The van der Waals surface area contributed by atoms with E-state index < -0.39 is 10.0 Å². The van der Waals surface area contributed by atoms with Crippen LogP contribution in [-0.2, 0) is 10.0 Å². The fraction of sp³-hybridized carbons (Fsp3) is 0.188. The molecule has 2 aromatic carbocycles. The van der Waals surface area contributed by atoms with Gasteiger partial charge in [0.25, 0.3) is 10.0 Å². The second-order valence-corrected chi connectivity index (χ2v) is 6.21. The van der Waals surface area contributed by atoms with Crippen LogP contribution in [0.25, 0.3) is 0 Å². The maximum atomic E-state index is 12.5. The van der Waals surface area contributed by atoms with E-state index >= 15 is 0 Å². The Morgan fingerprint density at radius 2 is 1.82 bits per heavy atom. The van der Waals surface area contributed by atoms with Gasteiger partial charge in [0.15, 0.2) is 0 Å². The van der Waals surface area contributed by atoms with Crippen molar-refractivity contribution in [3.8, 4) is 11.8 Å². The van der Waals surface area contributed by atoms with Crippen LogP contribution < -0.4 is 9.46 Å². The number of hydrogen-bond acceptors (Lipinski definition) is 4. The molecule has 0 bridgehead atoms. The largest absolute Gasteiger partial charge is 0.491 e. The van der Waals surface area contributed by atoms with E-state index in [1.165, 1.54) is 12.1 Å². The molecule has 0 aromatic heterocycles. The summed E-state index contributed by atoms with van der Waals surface area (Å²) in [5, 5.41) is 9.05. The van der Waals surface area contributed by atoms with E-state index in [1.54, 1.807) is 36.4 Å². The first-order valence-electron chi connectivity index (χ1n) is 6.82. The zero-order valence-electron chi connectivity index (χ0n) is 12.1. The second-order valence-electron chi connectivity index (χ2n) is 4.56. The summed E-state index contributed by atoms with van der Waals surface area (Å²) in [4.78, 5) is -0.0530. The number of rotatable bonds is 6. The van der Waals surface area contributed by atoms with Crippen LogP contribution in [0.4, 0.5) is 5.69 Å². The van der Waals surface area contributed by atoms with E-state index in [0.717, 1.165) is 6.42 Å². The molecule has 6 heteroatoms. The Labute approximate surface area is 130 Å². The number of anilines is 1. The van der Waals surface area contributed by atoms with Gasteiger partial charge < -0.3 is 4.74 Å². The molecule has 0 amide bonds. The van der Waals surface area contributed by atoms with Crippen LogP contribution in [0.5, 0.6) is 5.75 Å². The highest BCUT2D eigenvalue weighted by Crippen LogP contribution is 2.27. The van der Waals surface area contributed by atoms with E-state index in [0.29, 0.717) is 18.0 Å². The molecule has 0 unspecified atom stereocenters. The van der Waals surface area contributed by atoms with Gasteiger partial charge in [0.1, 0.15) is 16.7 Å². The molecular weight excluding hydrogens is 300 g/mol. The Kier molecular flexibility index (Phi) is 5.02. The lowest BCUT2D eigenvalue weighted by Gasteiger charge is -2.13. The lowest BCUT2D eigenvalue weighted by molar-refractivity contribution is 0.319. The van der Waals surface area contributed by atoms with Gasteiger partial charge >= 0.3 is 0 Å². The number of nitrogens with zero attached hydrogens (tertiary/aromatic N) is 1. The third kappa shape index (κ3) is 3.57. The number of nitrogens with one attached hydrogen (secondary N) is 1. The minimum absolute atomic E-state index is 0.0530. The lowest BCUT2D eigenvalue weighted by atomic mass is 10.2. The highest BCUT2D eigenvalue weighted by molar-refractivity contribution is 7.92. The Morgan fingerprint density at radius 3 is 2.55 bits per heavy atom. The molecule has 0 saturated heterocycles. The molecule has 0 atom stereocenters. The number of benzene rings is 2. The van der Waals surface area contributed by atoms with E-state index in [1.807, 2.05) is 13.0 Å². The van der Waals surface area contributed by atoms with Crippen molar-refractivity contribution in [3.63, 3.8) is 0 Å². The highest BCUT2D eigenvalue weighted by Gasteiger charge is 2.19. The molecule has 0 heterocycles. The van der Waals surface area contributed by atoms with Crippen molar-refractivity contribution in [2.24, 2.45) is 0 Å². The number of sulfonamides is 1. The smallest absolute Gasteiger partial charge is 0.263 e. The molecule has 0 radical (unpaired) electrons. The fourth-order valence-electron chi connectivity index (χ4n) is 1.88. The fourth-order valence-corrected chi connectivity index (χ4v) is 3.11. The molecule has 0 spiro atoms. The number of ether oxygens (including phenoxy) is 1. The first kappa shape index (κ1) is 15.9. The maximum Gasteiger partial charge on any atom is 0.263 e. The van der Waals surface area contributed by atoms with Crippen molar-refractivity contribution in [3.05, 3.63) is 54.1 Å². The van der Waals surface area contributed by atoms with E-state index in [-0.39, 0.29) is 10.5 Å². The number of hydrogen-bond donors (Lipinski definition) is 1. The number of para-hydroxylation sites is 2. The van der Waals surface area contributed by atoms with Crippen LogP contribution in [0.15, 0.2) is 53.4 Å². The third-order valence-corrected chi connectivity index (χ3v) is 4.31. The molecule has 0 aliphatic rings. The molecule has 114 valence electrons. The van der Waals surface area contributed by atoms with Gasteiger partial charge in [0.05, 0.1) is 17.9 Å². The Morgan fingerprint density at radius 1 is 1.14 bits per heavy atom. The van der Waals surface area contributed by atoms with Crippen LogP contribution in [0.1, 0.15) is 18.9 Å². The average molecular weight is 316 g/mol. The molecule has 5 nitrogen and oxygen atoms in total. The lowest BCUT2D eigenvalue weighted by Crippen LogP contribution is -2.15. The topological polar surface area (TPSA) is 79.2 Å². The quantitative estimate of drug-likeness (QED) is 0.888. The minimum Gasteiger partial charge on any atom is -0.491 e. The summed E-state index contributed by atoms with van der Waals surface area (Å²) < 4.78 is 33.0. The monoisotopic (exact) mass is 316 g/mol. The summed E-state index contributed by atoms with van der Waals surface area (Å²) in [5.41, 5.74) is 0.450. The maximum absolute atomic E-state index is 12.5. The molecule has 0 saturated carbocycles. The van der Waals surface area contributed by atoms with Gasteiger partial charge in [-0.05, 0) is 30.7 Å². The predicted octanol–water partition coefficient (Wildman–Crippen LogP) is 3.15. The average Bonchev–Trinajstić information content (AvgIpc) is 2.53. The van der Waals surface area contributed by atoms with Crippen LogP contribution in [-0.4, -0.2) is 15.0 Å². The first-order valence-corrected chi connectivity index (χ1v) is 8.30. The first-order chi connectivity index (χ1) is 10.6. The summed E-state index contributed by atoms with van der Waals surface area (Å²) in [6.45, 7) is 2.46. The van der Waals surface area contributed by atoms with E-state index in [4.69, 9.17) is 10.00 Å². The van der Waals surface area contributed by atoms with Gasteiger partial charge in [-0.15, -0.1) is 0 Å². The molecule has 0 aliphatic carbocycles. The predicted molar refractivity (Wildman–Crippen MR) is 84.2 cm³/mol. The van der Waals surface area contributed by atoms with Crippen molar-refractivity contribution in [2.45, 2.75) is 18.2 Å². The van der Waals surface area contributed by atoms with Crippen LogP contribution in [0.2, 0.25) is 0 Å². The Balaban J connectivity index is 2.36. The molecule has 1 N–H and O–H groups in total. The minimum atomic E-state index is -3.86. The van der Waals surface area contributed by atoms with Crippen molar-refractivity contribution in [1.82, 2.24) is 0 Å². The van der Waals surface area contributed by atoms with Crippen molar-refractivity contribution >= 4 is 15.7 Å². The van der Waals surface area contributed by atoms with Gasteiger partial charge in [-0.3, -0.25) is 4.72 Å². The summed E-state index contributed by atoms with van der Waals surface area (Å²) in [6, 6.07) is 14.8. The summed E-state index contributed by atoms with van der Waals surface area (Å²) >= 11 is 0. The summed E-state index contributed by atoms with van der Waals surface area (Å²) in [6.07, 6.45) is 0.818. The highest BCUT2D eigenvalue weighted by atomic mass is 32.2. The normalized spacial score (nSPS) is 10.7. The van der Waals surface area contributed by atoms with Gasteiger partial charge in [-0.1, -0.05) is 31.2 Å². The molecular formula is C16H16N2O3S. The number of nitriles is 1. The van der Waals surface area contributed by atoms with E-state index in [9.17, 15) is 8.42 Å². The third-order valence-electron chi connectivity index (χ3n) is 2.89.